The highest BCUT2D eigenvalue weighted by molar-refractivity contribution is 6.31. The van der Waals surface area contributed by atoms with Crippen molar-refractivity contribution in [3.05, 3.63) is 28.8 Å². The average molecular weight is 308 g/mol. The molecule has 4 heteroatoms. The number of likely N-dealkylation sites (tertiary alicyclic amines) is 1. The molecule has 1 saturated carbocycles. The summed E-state index contributed by atoms with van der Waals surface area (Å²) < 4.78 is 0. The molecule has 1 aromatic rings. The van der Waals surface area contributed by atoms with Gasteiger partial charge in [-0.15, -0.1) is 0 Å². The van der Waals surface area contributed by atoms with Crippen molar-refractivity contribution in [1.29, 1.82) is 0 Å². The Kier molecular flexibility index (Phi) is 4.72. The Labute approximate surface area is 133 Å². The van der Waals surface area contributed by atoms with Crippen LogP contribution < -0.4 is 10.2 Å². The lowest BCUT2D eigenvalue weighted by atomic mass is 10.1. The molecule has 1 heterocycles. The van der Waals surface area contributed by atoms with Crippen LogP contribution >= 0.6 is 11.6 Å². The van der Waals surface area contributed by atoms with Crippen LogP contribution in [0.5, 0.6) is 0 Å². The van der Waals surface area contributed by atoms with Gasteiger partial charge in [0.25, 0.3) is 0 Å². The van der Waals surface area contributed by atoms with Gasteiger partial charge >= 0.3 is 0 Å². The summed E-state index contributed by atoms with van der Waals surface area (Å²) in [6.45, 7) is 4.44. The van der Waals surface area contributed by atoms with Gasteiger partial charge in [-0.1, -0.05) is 17.7 Å². The number of anilines is 1. The van der Waals surface area contributed by atoms with Crippen molar-refractivity contribution < 1.29 is 0 Å². The molecule has 0 spiro atoms. The normalized spacial score (nSPS) is 22.7. The van der Waals surface area contributed by atoms with Crippen molar-refractivity contribution in [2.75, 3.05) is 38.6 Å². The van der Waals surface area contributed by atoms with Crippen molar-refractivity contribution in [3.63, 3.8) is 0 Å². The lowest BCUT2D eigenvalue weighted by Gasteiger charge is -2.24. The largest absolute Gasteiger partial charge is 0.374 e. The molecule has 21 heavy (non-hydrogen) atoms. The first kappa shape index (κ1) is 15.1. The first-order chi connectivity index (χ1) is 10.1. The van der Waals surface area contributed by atoms with Gasteiger partial charge in [-0.25, -0.2) is 0 Å². The summed E-state index contributed by atoms with van der Waals surface area (Å²) in [7, 11) is 4.38. The standard InChI is InChI=1S/C17H26ClN3/c1-20-8-7-13(11-20)12-21(2)16-6-3-14(17(18)9-16)10-19-15-4-5-15/h3,6,9,13,15,19H,4-5,7-8,10-12H2,1-2H3. The maximum absolute atomic E-state index is 6.44. The molecule has 0 aromatic heterocycles. The zero-order chi connectivity index (χ0) is 14.8. The number of rotatable bonds is 6. The van der Waals surface area contributed by atoms with Gasteiger partial charge in [0.15, 0.2) is 0 Å². The molecule has 0 radical (unpaired) electrons. The lowest BCUT2D eigenvalue weighted by Crippen LogP contribution is -2.27. The van der Waals surface area contributed by atoms with E-state index in [4.69, 9.17) is 11.6 Å². The quantitative estimate of drug-likeness (QED) is 0.871. The van der Waals surface area contributed by atoms with Crippen molar-refractivity contribution in [2.45, 2.75) is 31.8 Å². The van der Waals surface area contributed by atoms with Gasteiger partial charge in [0, 0.05) is 43.4 Å². The Balaban J connectivity index is 1.57. The van der Waals surface area contributed by atoms with Gasteiger partial charge < -0.3 is 15.1 Å². The highest BCUT2D eigenvalue weighted by Gasteiger charge is 2.22. The van der Waals surface area contributed by atoms with Crippen molar-refractivity contribution >= 4 is 17.3 Å². The third-order valence-electron chi connectivity index (χ3n) is 4.66. The fourth-order valence-corrected chi connectivity index (χ4v) is 3.37. The van der Waals surface area contributed by atoms with E-state index in [9.17, 15) is 0 Å². The summed E-state index contributed by atoms with van der Waals surface area (Å²) in [6, 6.07) is 7.21. The zero-order valence-corrected chi connectivity index (χ0v) is 13.9. The fraction of sp³-hybridized carbons (Fsp3) is 0.647. The topological polar surface area (TPSA) is 18.5 Å². The molecule has 116 valence electrons. The minimum Gasteiger partial charge on any atom is -0.374 e. The molecule has 2 fully saturated rings. The molecule has 3 nitrogen and oxygen atoms in total. The van der Waals surface area contributed by atoms with Gasteiger partial charge in [-0.05, 0) is 56.5 Å². The summed E-state index contributed by atoms with van der Waals surface area (Å²) >= 11 is 6.44. The van der Waals surface area contributed by atoms with E-state index < -0.39 is 0 Å². The number of nitrogens with zero attached hydrogens (tertiary/aromatic N) is 2. The molecule has 1 saturated heterocycles. The third kappa shape index (κ3) is 4.12. The van der Waals surface area contributed by atoms with Crippen molar-refractivity contribution in [1.82, 2.24) is 10.2 Å². The van der Waals surface area contributed by atoms with Gasteiger partial charge in [-0.2, -0.15) is 0 Å². The minimum atomic E-state index is 0.725. The highest BCUT2D eigenvalue weighted by Crippen LogP contribution is 2.26. The second-order valence-electron chi connectivity index (χ2n) is 6.73. The Morgan fingerprint density at radius 2 is 2.14 bits per heavy atom. The van der Waals surface area contributed by atoms with E-state index in [1.807, 2.05) is 0 Å². The molecule has 1 atom stereocenters. The lowest BCUT2D eigenvalue weighted by molar-refractivity contribution is 0.396. The Bertz CT molecular complexity index is 487. The summed E-state index contributed by atoms with van der Waals surface area (Å²) in [5.41, 5.74) is 2.44. The van der Waals surface area contributed by atoms with Gasteiger partial charge in [0.2, 0.25) is 0 Å². The number of hydrogen-bond donors (Lipinski definition) is 1. The van der Waals surface area contributed by atoms with Gasteiger partial charge in [-0.3, -0.25) is 0 Å². The molecule has 3 rings (SSSR count). The van der Waals surface area contributed by atoms with E-state index >= 15 is 0 Å². The predicted molar refractivity (Wildman–Crippen MR) is 90.2 cm³/mol. The monoisotopic (exact) mass is 307 g/mol. The Hall–Kier alpha value is -0.770. The molecule has 2 aliphatic rings. The predicted octanol–water partition coefficient (Wildman–Crippen LogP) is 2.98. The van der Waals surface area contributed by atoms with Crippen LogP contribution in [0, 0.1) is 5.92 Å². The Morgan fingerprint density at radius 3 is 2.76 bits per heavy atom. The van der Waals surface area contributed by atoms with E-state index in [0.717, 1.165) is 30.1 Å². The second kappa shape index (κ2) is 6.55. The molecule has 0 amide bonds. The van der Waals surface area contributed by atoms with Gasteiger partial charge in [0.05, 0.1) is 0 Å². The molecule has 1 unspecified atom stereocenters. The molecule has 1 aliphatic carbocycles. The van der Waals surface area contributed by atoms with Crippen molar-refractivity contribution in [3.8, 4) is 0 Å². The van der Waals surface area contributed by atoms with Gasteiger partial charge in [0.1, 0.15) is 0 Å². The van der Waals surface area contributed by atoms with Crippen LogP contribution in [0.4, 0.5) is 5.69 Å². The van der Waals surface area contributed by atoms with E-state index in [0.29, 0.717) is 0 Å². The van der Waals surface area contributed by atoms with E-state index in [-0.39, 0.29) is 0 Å². The second-order valence-corrected chi connectivity index (χ2v) is 7.14. The van der Waals surface area contributed by atoms with Crippen LogP contribution in [0.15, 0.2) is 18.2 Å². The molecule has 1 N–H and O–H groups in total. The highest BCUT2D eigenvalue weighted by atomic mass is 35.5. The first-order valence-corrected chi connectivity index (χ1v) is 8.41. The van der Waals surface area contributed by atoms with E-state index in [2.05, 4.69) is 47.4 Å². The molecule has 0 bridgehead atoms. The van der Waals surface area contributed by atoms with Crippen LogP contribution in [0.2, 0.25) is 5.02 Å². The summed E-state index contributed by atoms with van der Waals surface area (Å²) in [5.74, 6) is 0.773. The van der Waals surface area contributed by atoms with E-state index in [1.54, 1.807) is 0 Å². The van der Waals surface area contributed by atoms with Crippen LogP contribution in [-0.2, 0) is 6.54 Å². The first-order valence-electron chi connectivity index (χ1n) is 8.03. The number of nitrogens with one attached hydrogen (secondary N) is 1. The number of benzene rings is 1. The Morgan fingerprint density at radius 1 is 1.33 bits per heavy atom. The summed E-state index contributed by atoms with van der Waals surface area (Å²) in [5, 5.41) is 4.41. The third-order valence-corrected chi connectivity index (χ3v) is 5.01. The summed E-state index contributed by atoms with van der Waals surface area (Å²) in [6.07, 6.45) is 3.93. The van der Waals surface area contributed by atoms with Crippen LogP contribution in [0.1, 0.15) is 24.8 Å². The number of halogens is 1. The zero-order valence-electron chi connectivity index (χ0n) is 13.1. The van der Waals surface area contributed by atoms with Crippen LogP contribution in [-0.4, -0.2) is 44.7 Å². The molecule has 1 aliphatic heterocycles. The molecular formula is C17H26ClN3. The maximum atomic E-state index is 6.44. The van der Waals surface area contributed by atoms with E-state index in [1.165, 1.54) is 43.6 Å². The van der Waals surface area contributed by atoms with Crippen molar-refractivity contribution in [2.24, 2.45) is 5.92 Å². The summed E-state index contributed by atoms with van der Waals surface area (Å²) in [4.78, 5) is 4.76. The molecular weight excluding hydrogens is 282 g/mol. The maximum Gasteiger partial charge on any atom is 0.0471 e. The van der Waals surface area contributed by atoms with Crippen LogP contribution in [0.25, 0.3) is 0 Å². The number of hydrogen-bond acceptors (Lipinski definition) is 3. The SMILES string of the molecule is CN1CCC(CN(C)c2ccc(CNC3CC3)c(Cl)c2)C1. The molecule has 1 aromatic carbocycles. The fourth-order valence-electron chi connectivity index (χ4n) is 3.13. The minimum absolute atomic E-state index is 0.725. The smallest absolute Gasteiger partial charge is 0.0471 e. The van der Waals surface area contributed by atoms with Crippen LogP contribution in [0.3, 0.4) is 0 Å². The average Bonchev–Trinajstić information content (AvgIpc) is 3.20.